The lowest BCUT2D eigenvalue weighted by molar-refractivity contribution is 0.252. The van der Waals surface area contributed by atoms with Crippen molar-refractivity contribution in [2.75, 3.05) is 25.1 Å². The van der Waals surface area contributed by atoms with Crippen LogP contribution in [0.25, 0.3) is 0 Å². The summed E-state index contributed by atoms with van der Waals surface area (Å²) in [5.74, 6) is 1.28. The zero-order chi connectivity index (χ0) is 18.1. The van der Waals surface area contributed by atoms with Crippen LogP contribution in [-0.2, 0) is 6.42 Å². The van der Waals surface area contributed by atoms with E-state index in [-0.39, 0.29) is 6.03 Å². The Balaban J connectivity index is 1.86. The molecule has 0 radical (unpaired) electrons. The van der Waals surface area contributed by atoms with Gasteiger partial charge < -0.3 is 20.1 Å². The molecule has 0 aliphatic rings. The van der Waals surface area contributed by atoms with Gasteiger partial charge in [0, 0.05) is 23.3 Å². The Morgan fingerprint density at radius 3 is 2.36 bits per heavy atom. The van der Waals surface area contributed by atoms with E-state index in [0.717, 1.165) is 12.0 Å². The average molecular weight is 363 g/mol. The molecule has 0 atom stereocenters. The number of amides is 2. The molecule has 2 aromatic carbocycles. The van der Waals surface area contributed by atoms with Gasteiger partial charge in [-0.3, -0.25) is 0 Å². The Morgan fingerprint density at radius 2 is 1.68 bits per heavy atom. The van der Waals surface area contributed by atoms with Crippen molar-refractivity contribution in [3.8, 4) is 11.5 Å². The standard InChI is InChI=1S/C19H23ClN2O3/c1-3-24-17-10-9-16(13-18(17)25-4-2)22-19(23)21-12-11-14-5-7-15(20)8-6-14/h5-10,13H,3-4,11-12H2,1-2H3,(H2,21,22,23). The van der Waals surface area contributed by atoms with Gasteiger partial charge in [-0.05, 0) is 50.1 Å². The number of carbonyl (C=O) groups excluding carboxylic acids is 1. The summed E-state index contributed by atoms with van der Waals surface area (Å²) in [5, 5.41) is 6.33. The summed E-state index contributed by atoms with van der Waals surface area (Å²) in [4.78, 5) is 12.0. The third-order valence-electron chi connectivity index (χ3n) is 3.41. The van der Waals surface area contributed by atoms with Crippen LogP contribution < -0.4 is 20.1 Å². The van der Waals surface area contributed by atoms with Gasteiger partial charge in [0.25, 0.3) is 0 Å². The van der Waals surface area contributed by atoms with Crippen molar-refractivity contribution in [2.24, 2.45) is 0 Å². The van der Waals surface area contributed by atoms with Crippen molar-refractivity contribution in [1.82, 2.24) is 5.32 Å². The summed E-state index contributed by atoms with van der Waals surface area (Å²) >= 11 is 5.85. The first-order valence-corrected chi connectivity index (χ1v) is 8.69. The van der Waals surface area contributed by atoms with E-state index in [2.05, 4.69) is 10.6 Å². The van der Waals surface area contributed by atoms with Crippen LogP contribution in [0.4, 0.5) is 10.5 Å². The molecule has 2 N–H and O–H groups in total. The van der Waals surface area contributed by atoms with E-state index >= 15 is 0 Å². The van der Waals surface area contributed by atoms with Crippen LogP contribution in [0.5, 0.6) is 11.5 Å². The van der Waals surface area contributed by atoms with Gasteiger partial charge in [0.1, 0.15) is 0 Å². The van der Waals surface area contributed by atoms with Crippen LogP contribution in [0, 0.1) is 0 Å². The highest BCUT2D eigenvalue weighted by Gasteiger charge is 2.08. The van der Waals surface area contributed by atoms with Crippen LogP contribution in [0.3, 0.4) is 0 Å². The summed E-state index contributed by atoms with van der Waals surface area (Å²) in [7, 11) is 0. The van der Waals surface area contributed by atoms with Gasteiger partial charge in [0.15, 0.2) is 11.5 Å². The highest BCUT2D eigenvalue weighted by atomic mass is 35.5. The molecular formula is C19H23ClN2O3. The predicted octanol–water partition coefficient (Wildman–Crippen LogP) is 4.50. The van der Waals surface area contributed by atoms with E-state index in [1.54, 1.807) is 18.2 Å². The first kappa shape index (κ1) is 18.9. The van der Waals surface area contributed by atoms with Gasteiger partial charge in [0.05, 0.1) is 13.2 Å². The van der Waals surface area contributed by atoms with Crippen molar-refractivity contribution in [2.45, 2.75) is 20.3 Å². The van der Waals surface area contributed by atoms with Gasteiger partial charge in [-0.1, -0.05) is 23.7 Å². The normalized spacial score (nSPS) is 10.2. The van der Waals surface area contributed by atoms with Crippen LogP contribution in [0.15, 0.2) is 42.5 Å². The van der Waals surface area contributed by atoms with E-state index in [0.29, 0.717) is 42.0 Å². The van der Waals surface area contributed by atoms with Gasteiger partial charge in [0.2, 0.25) is 0 Å². The lowest BCUT2D eigenvalue weighted by Gasteiger charge is -2.13. The van der Waals surface area contributed by atoms with Crippen LogP contribution in [-0.4, -0.2) is 25.8 Å². The molecule has 2 aromatic rings. The lowest BCUT2D eigenvalue weighted by Crippen LogP contribution is -2.30. The molecule has 0 aliphatic heterocycles. The molecule has 0 bridgehead atoms. The maximum absolute atomic E-state index is 12.0. The fourth-order valence-corrected chi connectivity index (χ4v) is 2.40. The molecule has 0 spiro atoms. The Morgan fingerprint density at radius 1 is 1.00 bits per heavy atom. The first-order valence-electron chi connectivity index (χ1n) is 8.31. The fourth-order valence-electron chi connectivity index (χ4n) is 2.28. The zero-order valence-electron chi connectivity index (χ0n) is 14.5. The number of benzene rings is 2. The number of urea groups is 1. The summed E-state index contributed by atoms with van der Waals surface area (Å²) in [6.07, 6.45) is 0.734. The molecule has 134 valence electrons. The molecule has 0 saturated carbocycles. The third-order valence-corrected chi connectivity index (χ3v) is 3.67. The second-order valence-corrected chi connectivity index (χ2v) is 5.72. The summed E-state index contributed by atoms with van der Waals surface area (Å²) in [6.45, 7) is 5.42. The van der Waals surface area contributed by atoms with E-state index in [1.165, 1.54) is 0 Å². The third kappa shape index (κ3) is 6.19. The predicted molar refractivity (Wildman–Crippen MR) is 101 cm³/mol. The van der Waals surface area contributed by atoms with E-state index in [4.69, 9.17) is 21.1 Å². The molecule has 0 unspecified atom stereocenters. The molecule has 0 saturated heterocycles. The minimum Gasteiger partial charge on any atom is -0.490 e. The second-order valence-electron chi connectivity index (χ2n) is 5.28. The second kappa shape index (κ2) is 9.79. The Bertz CT molecular complexity index is 690. The Labute approximate surface area is 153 Å². The minimum absolute atomic E-state index is 0.263. The maximum Gasteiger partial charge on any atom is 0.319 e. The van der Waals surface area contributed by atoms with E-state index in [9.17, 15) is 4.79 Å². The molecule has 25 heavy (non-hydrogen) atoms. The number of nitrogens with one attached hydrogen (secondary N) is 2. The van der Waals surface area contributed by atoms with Crippen molar-refractivity contribution in [3.63, 3.8) is 0 Å². The lowest BCUT2D eigenvalue weighted by atomic mass is 10.1. The van der Waals surface area contributed by atoms with Gasteiger partial charge in [-0.2, -0.15) is 0 Å². The van der Waals surface area contributed by atoms with E-state index in [1.807, 2.05) is 38.1 Å². The Kier molecular flexibility index (Phi) is 7.41. The molecule has 6 heteroatoms. The summed E-state index contributed by atoms with van der Waals surface area (Å²) < 4.78 is 11.1. The molecule has 0 aromatic heterocycles. The fraction of sp³-hybridized carbons (Fsp3) is 0.316. The molecular weight excluding hydrogens is 340 g/mol. The molecule has 0 fully saturated rings. The number of carbonyl (C=O) groups is 1. The summed E-state index contributed by atoms with van der Waals surface area (Å²) in [6, 6.07) is 12.6. The van der Waals surface area contributed by atoms with Crippen LogP contribution >= 0.6 is 11.6 Å². The molecule has 0 heterocycles. The van der Waals surface area contributed by atoms with Crippen molar-refractivity contribution >= 4 is 23.3 Å². The largest absolute Gasteiger partial charge is 0.490 e. The topological polar surface area (TPSA) is 59.6 Å². The molecule has 2 rings (SSSR count). The molecule has 0 aliphatic carbocycles. The molecule has 2 amide bonds. The van der Waals surface area contributed by atoms with Gasteiger partial charge in [-0.15, -0.1) is 0 Å². The quantitative estimate of drug-likeness (QED) is 0.726. The number of anilines is 1. The maximum atomic E-state index is 12.0. The van der Waals surface area contributed by atoms with Crippen LogP contribution in [0.2, 0.25) is 5.02 Å². The Hall–Kier alpha value is -2.40. The number of hydrogen-bond acceptors (Lipinski definition) is 3. The SMILES string of the molecule is CCOc1ccc(NC(=O)NCCc2ccc(Cl)cc2)cc1OCC. The van der Waals surface area contributed by atoms with Crippen LogP contribution in [0.1, 0.15) is 19.4 Å². The number of halogens is 1. The number of ether oxygens (including phenoxy) is 2. The van der Waals surface area contributed by atoms with E-state index < -0.39 is 0 Å². The monoisotopic (exact) mass is 362 g/mol. The van der Waals surface area contributed by atoms with Crippen molar-refractivity contribution in [3.05, 3.63) is 53.1 Å². The number of hydrogen-bond donors (Lipinski definition) is 2. The van der Waals surface area contributed by atoms with Gasteiger partial charge in [-0.25, -0.2) is 4.79 Å². The number of rotatable bonds is 8. The minimum atomic E-state index is -0.263. The first-order chi connectivity index (χ1) is 12.1. The zero-order valence-corrected chi connectivity index (χ0v) is 15.2. The average Bonchev–Trinajstić information content (AvgIpc) is 2.59. The summed E-state index contributed by atoms with van der Waals surface area (Å²) in [5.41, 5.74) is 1.76. The highest BCUT2D eigenvalue weighted by Crippen LogP contribution is 2.30. The van der Waals surface area contributed by atoms with Gasteiger partial charge >= 0.3 is 6.03 Å². The van der Waals surface area contributed by atoms with Crippen molar-refractivity contribution in [1.29, 1.82) is 0 Å². The highest BCUT2D eigenvalue weighted by molar-refractivity contribution is 6.30. The smallest absolute Gasteiger partial charge is 0.319 e. The molecule has 5 nitrogen and oxygen atoms in total. The van der Waals surface area contributed by atoms with Crippen molar-refractivity contribution < 1.29 is 14.3 Å².